The molecule has 0 aliphatic carbocycles. The number of carbonyl (C=O) groups is 1. The lowest BCUT2D eigenvalue weighted by atomic mass is 10.1. The van der Waals surface area contributed by atoms with Crippen LogP contribution in [-0.4, -0.2) is 44.0 Å². The fourth-order valence-corrected chi connectivity index (χ4v) is 2.35. The van der Waals surface area contributed by atoms with Crippen LogP contribution in [0.2, 0.25) is 0 Å². The molecule has 6 heteroatoms. The highest BCUT2D eigenvalue weighted by Crippen LogP contribution is 2.22. The second-order valence-corrected chi connectivity index (χ2v) is 5.73. The summed E-state index contributed by atoms with van der Waals surface area (Å²) in [5.41, 5.74) is 1.14. The van der Waals surface area contributed by atoms with Gasteiger partial charge in [0.15, 0.2) is 5.96 Å². The SMILES string of the molecule is CCNC(=NCC(=O)N(C)C)NC(C)c1ccccc1Br. The standard InChI is InChI=1S/C15H23BrN4O/c1-5-17-15(18-10-14(21)20(3)4)19-11(2)12-8-6-7-9-13(12)16/h6-9,11H,5,10H2,1-4H3,(H2,17,18,19). The number of amides is 1. The van der Waals surface area contributed by atoms with Gasteiger partial charge in [-0.05, 0) is 25.5 Å². The molecule has 0 radical (unpaired) electrons. The minimum atomic E-state index is -0.0271. The van der Waals surface area contributed by atoms with Gasteiger partial charge in [0.2, 0.25) is 5.91 Å². The lowest BCUT2D eigenvalue weighted by Crippen LogP contribution is -2.39. The number of aliphatic imine (C=N–C) groups is 1. The molecule has 0 spiro atoms. The maximum absolute atomic E-state index is 11.6. The van der Waals surface area contributed by atoms with E-state index < -0.39 is 0 Å². The monoisotopic (exact) mass is 354 g/mol. The van der Waals surface area contributed by atoms with E-state index in [-0.39, 0.29) is 18.5 Å². The Morgan fingerprint density at radius 1 is 1.38 bits per heavy atom. The summed E-state index contributed by atoms with van der Waals surface area (Å²) in [6, 6.07) is 8.12. The Hall–Kier alpha value is -1.56. The molecule has 1 atom stereocenters. The van der Waals surface area contributed by atoms with Crippen LogP contribution in [-0.2, 0) is 4.79 Å². The molecule has 0 fully saturated rings. The van der Waals surface area contributed by atoms with E-state index >= 15 is 0 Å². The fourth-order valence-electron chi connectivity index (χ4n) is 1.72. The first-order valence-electron chi connectivity index (χ1n) is 6.95. The van der Waals surface area contributed by atoms with E-state index in [9.17, 15) is 4.79 Å². The number of carbonyl (C=O) groups excluding carboxylic acids is 1. The van der Waals surface area contributed by atoms with Crippen LogP contribution in [0.15, 0.2) is 33.7 Å². The number of nitrogens with one attached hydrogen (secondary N) is 2. The van der Waals surface area contributed by atoms with E-state index in [2.05, 4.69) is 44.5 Å². The van der Waals surface area contributed by atoms with Crippen LogP contribution < -0.4 is 10.6 Å². The van der Waals surface area contributed by atoms with Crippen molar-refractivity contribution in [3.63, 3.8) is 0 Å². The van der Waals surface area contributed by atoms with Gasteiger partial charge in [-0.3, -0.25) is 4.79 Å². The average molecular weight is 355 g/mol. The molecule has 0 bridgehead atoms. The molecule has 1 aromatic rings. The highest BCUT2D eigenvalue weighted by Gasteiger charge is 2.11. The van der Waals surface area contributed by atoms with E-state index in [0.29, 0.717) is 5.96 Å². The normalized spacial score (nSPS) is 12.7. The number of benzene rings is 1. The predicted molar refractivity (Wildman–Crippen MR) is 90.4 cm³/mol. The van der Waals surface area contributed by atoms with Gasteiger partial charge in [0.25, 0.3) is 0 Å². The first-order valence-corrected chi connectivity index (χ1v) is 7.74. The molecule has 1 rings (SSSR count). The maximum atomic E-state index is 11.6. The first kappa shape index (κ1) is 17.5. The van der Waals surface area contributed by atoms with Crippen LogP contribution in [0.5, 0.6) is 0 Å². The number of hydrogen-bond donors (Lipinski definition) is 2. The number of halogens is 1. The van der Waals surface area contributed by atoms with Gasteiger partial charge < -0.3 is 15.5 Å². The minimum absolute atomic E-state index is 0.0271. The molecule has 0 saturated carbocycles. The summed E-state index contributed by atoms with van der Waals surface area (Å²) < 4.78 is 1.05. The zero-order valence-electron chi connectivity index (χ0n) is 13.0. The Morgan fingerprint density at radius 2 is 2.05 bits per heavy atom. The van der Waals surface area contributed by atoms with Gasteiger partial charge >= 0.3 is 0 Å². The Kier molecular flexibility index (Phi) is 7.22. The molecule has 1 amide bonds. The molecule has 1 unspecified atom stereocenters. The number of guanidine groups is 1. The summed E-state index contributed by atoms with van der Waals surface area (Å²) in [6.07, 6.45) is 0. The summed E-state index contributed by atoms with van der Waals surface area (Å²) in [4.78, 5) is 17.5. The zero-order chi connectivity index (χ0) is 15.8. The smallest absolute Gasteiger partial charge is 0.243 e. The van der Waals surface area contributed by atoms with Crippen molar-refractivity contribution in [2.24, 2.45) is 4.99 Å². The van der Waals surface area contributed by atoms with Crippen molar-refractivity contribution in [1.82, 2.24) is 15.5 Å². The van der Waals surface area contributed by atoms with E-state index in [1.807, 2.05) is 25.1 Å². The molecular weight excluding hydrogens is 332 g/mol. The molecule has 2 N–H and O–H groups in total. The number of rotatable bonds is 5. The third-order valence-corrected chi connectivity index (χ3v) is 3.66. The molecule has 1 aromatic carbocycles. The van der Waals surface area contributed by atoms with E-state index in [1.165, 1.54) is 4.90 Å². The van der Waals surface area contributed by atoms with Gasteiger partial charge in [-0.15, -0.1) is 0 Å². The van der Waals surface area contributed by atoms with Gasteiger partial charge in [0.1, 0.15) is 6.54 Å². The van der Waals surface area contributed by atoms with Crippen LogP contribution in [0.3, 0.4) is 0 Å². The summed E-state index contributed by atoms with van der Waals surface area (Å²) in [6.45, 7) is 4.92. The molecule has 0 heterocycles. The van der Waals surface area contributed by atoms with Crippen LogP contribution in [0.4, 0.5) is 0 Å². The van der Waals surface area contributed by atoms with Gasteiger partial charge in [-0.2, -0.15) is 0 Å². The summed E-state index contributed by atoms with van der Waals surface area (Å²) >= 11 is 3.55. The summed E-state index contributed by atoms with van der Waals surface area (Å²) in [5, 5.41) is 6.46. The third-order valence-electron chi connectivity index (χ3n) is 2.94. The number of nitrogens with zero attached hydrogens (tertiary/aromatic N) is 2. The van der Waals surface area contributed by atoms with Crippen LogP contribution in [0, 0.1) is 0 Å². The van der Waals surface area contributed by atoms with E-state index in [4.69, 9.17) is 0 Å². The number of hydrogen-bond acceptors (Lipinski definition) is 2. The predicted octanol–water partition coefficient (Wildman–Crippen LogP) is 2.15. The van der Waals surface area contributed by atoms with E-state index in [1.54, 1.807) is 14.1 Å². The van der Waals surface area contributed by atoms with Crippen LogP contribution in [0.25, 0.3) is 0 Å². The topological polar surface area (TPSA) is 56.7 Å². The van der Waals surface area contributed by atoms with Crippen molar-refractivity contribution in [2.45, 2.75) is 19.9 Å². The van der Waals surface area contributed by atoms with Crippen molar-refractivity contribution >= 4 is 27.8 Å². The summed E-state index contributed by atoms with van der Waals surface area (Å²) in [7, 11) is 3.45. The van der Waals surface area contributed by atoms with Crippen molar-refractivity contribution < 1.29 is 4.79 Å². The molecule has 0 aliphatic heterocycles. The third kappa shape index (κ3) is 5.75. The molecule has 0 saturated heterocycles. The van der Waals surface area contributed by atoms with Crippen molar-refractivity contribution in [3.8, 4) is 0 Å². The Labute approximate surface area is 134 Å². The van der Waals surface area contributed by atoms with Crippen molar-refractivity contribution in [1.29, 1.82) is 0 Å². The Bertz CT molecular complexity index is 502. The van der Waals surface area contributed by atoms with Crippen LogP contribution >= 0.6 is 15.9 Å². The molecule has 5 nitrogen and oxygen atoms in total. The summed E-state index contributed by atoms with van der Waals surface area (Å²) in [5.74, 6) is 0.608. The first-order chi connectivity index (χ1) is 9.95. The van der Waals surface area contributed by atoms with Gasteiger partial charge in [-0.1, -0.05) is 34.1 Å². The average Bonchev–Trinajstić information content (AvgIpc) is 2.44. The molecular formula is C15H23BrN4O. The highest BCUT2D eigenvalue weighted by molar-refractivity contribution is 9.10. The fraction of sp³-hybridized carbons (Fsp3) is 0.467. The molecule has 0 aromatic heterocycles. The quantitative estimate of drug-likeness (QED) is 0.629. The number of likely N-dealkylation sites (N-methyl/N-ethyl adjacent to an activating group) is 1. The van der Waals surface area contributed by atoms with Crippen molar-refractivity contribution in [3.05, 3.63) is 34.3 Å². The minimum Gasteiger partial charge on any atom is -0.357 e. The second-order valence-electron chi connectivity index (χ2n) is 4.87. The second kappa shape index (κ2) is 8.67. The Morgan fingerprint density at radius 3 is 2.62 bits per heavy atom. The maximum Gasteiger partial charge on any atom is 0.243 e. The molecule has 0 aliphatic rings. The van der Waals surface area contributed by atoms with Gasteiger partial charge in [-0.25, -0.2) is 4.99 Å². The van der Waals surface area contributed by atoms with Crippen LogP contribution in [0.1, 0.15) is 25.5 Å². The Balaban J connectivity index is 2.76. The van der Waals surface area contributed by atoms with Crippen molar-refractivity contribution in [2.75, 3.05) is 27.2 Å². The lowest BCUT2D eigenvalue weighted by molar-refractivity contribution is -0.127. The molecule has 116 valence electrons. The highest BCUT2D eigenvalue weighted by atomic mass is 79.9. The van der Waals surface area contributed by atoms with E-state index in [0.717, 1.165) is 16.6 Å². The van der Waals surface area contributed by atoms with Gasteiger partial charge in [0, 0.05) is 25.1 Å². The zero-order valence-corrected chi connectivity index (χ0v) is 14.6. The lowest BCUT2D eigenvalue weighted by Gasteiger charge is -2.19. The largest absolute Gasteiger partial charge is 0.357 e. The molecule has 21 heavy (non-hydrogen) atoms. The van der Waals surface area contributed by atoms with Gasteiger partial charge in [0.05, 0.1) is 6.04 Å².